The molecule has 3 aromatic rings. The average Bonchev–Trinajstić information content (AvgIpc) is 3.08. The molecule has 0 saturated carbocycles. The number of pyridine rings is 1. The number of rotatable bonds is 6. The number of aromatic nitrogens is 3. The van der Waals surface area contributed by atoms with E-state index in [4.69, 9.17) is 4.98 Å². The quantitative estimate of drug-likeness (QED) is 0.603. The summed E-state index contributed by atoms with van der Waals surface area (Å²) in [5, 5.41) is 5.73. The Morgan fingerprint density at radius 2 is 1.90 bits per heavy atom. The molecule has 1 aromatic carbocycles. The van der Waals surface area contributed by atoms with Gasteiger partial charge in [0.15, 0.2) is 0 Å². The van der Waals surface area contributed by atoms with Crippen LogP contribution in [0.15, 0.2) is 43.1 Å². The van der Waals surface area contributed by atoms with Crippen molar-refractivity contribution in [2.75, 3.05) is 39.8 Å². The lowest BCUT2D eigenvalue weighted by Crippen LogP contribution is -2.45. The Kier molecular flexibility index (Phi) is 5.79. The fourth-order valence-corrected chi connectivity index (χ4v) is 4.10. The van der Waals surface area contributed by atoms with Crippen molar-refractivity contribution in [3.8, 4) is 11.3 Å². The Hall–Kier alpha value is -2.50. The zero-order chi connectivity index (χ0) is 20.4. The molecule has 4 rings (SSSR count). The van der Waals surface area contributed by atoms with E-state index in [-0.39, 0.29) is 0 Å². The van der Waals surface area contributed by atoms with Gasteiger partial charge in [0.2, 0.25) is 0 Å². The van der Waals surface area contributed by atoms with Gasteiger partial charge in [-0.1, -0.05) is 12.1 Å². The van der Waals surface area contributed by atoms with E-state index in [2.05, 4.69) is 66.6 Å². The van der Waals surface area contributed by atoms with Crippen LogP contribution in [0.5, 0.6) is 0 Å². The minimum atomic E-state index is 0.717. The Labute approximate surface area is 173 Å². The predicted molar refractivity (Wildman–Crippen MR) is 120 cm³/mol. The molecule has 3 heterocycles. The number of piperazine rings is 1. The maximum atomic E-state index is 4.94. The van der Waals surface area contributed by atoms with Gasteiger partial charge in [0.05, 0.1) is 24.0 Å². The van der Waals surface area contributed by atoms with Gasteiger partial charge in [0, 0.05) is 49.4 Å². The summed E-state index contributed by atoms with van der Waals surface area (Å²) in [5.41, 5.74) is 6.93. The van der Waals surface area contributed by atoms with E-state index in [9.17, 15) is 0 Å². The molecule has 0 amide bonds. The Balaban J connectivity index is 1.55. The standard InChI is InChI=1S/C24H31N5/c1-5-9-29-19(3)22(17-25-29)24-15-18(2)21-16-20(6-7-23(21)26-24)8-10-28-13-11-27(4)12-14-28/h5-7,15-17H,1,8-14H2,2-4H3. The van der Waals surface area contributed by atoms with Crippen LogP contribution in [0.1, 0.15) is 16.8 Å². The maximum Gasteiger partial charge on any atom is 0.0746 e. The van der Waals surface area contributed by atoms with Crippen LogP contribution in [-0.2, 0) is 13.0 Å². The smallest absolute Gasteiger partial charge is 0.0746 e. The van der Waals surface area contributed by atoms with Crippen molar-refractivity contribution in [3.63, 3.8) is 0 Å². The molecule has 5 nitrogen and oxygen atoms in total. The molecule has 0 aliphatic carbocycles. The topological polar surface area (TPSA) is 37.2 Å². The number of fused-ring (bicyclic) bond motifs is 1. The van der Waals surface area contributed by atoms with E-state index < -0.39 is 0 Å². The van der Waals surface area contributed by atoms with Crippen LogP contribution in [0.4, 0.5) is 0 Å². The highest BCUT2D eigenvalue weighted by molar-refractivity contribution is 5.85. The van der Waals surface area contributed by atoms with Gasteiger partial charge in [-0.25, -0.2) is 4.98 Å². The molecule has 1 aliphatic rings. The fraction of sp³-hybridized carbons (Fsp3) is 0.417. The summed E-state index contributed by atoms with van der Waals surface area (Å²) >= 11 is 0. The van der Waals surface area contributed by atoms with Crippen molar-refractivity contribution >= 4 is 10.9 Å². The first kappa shape index (κ1) is 19.8. The Morgan fingerprint density at radius 1 is 1.10 bits per heavy atom. The van der Waals surface area contributed by atoms with Crippen molar-refractivity contribution in [3.05, 3.63) is 59.9 Å². The molecule has 5 heteroatoms. The van der Waals surface area contributed by atoms with Crippen molar-refractivity contribution in [1.29, 1.82) is 0 Å². The zero-order valence-electron chi connectivity index (χ0n) is 17.9. The molecule has 0 unspecified atom stereocenters. The lowest BCUT2D eigenvalue weighted by molar-refractivity contribution is 0.155. The first-order valence-corrected chi connectivity index (χ1v) is 10.5. The fourth-order valence-electron chi connectivity index (χ4n) is 4.10. The summed E-state index contributed by atoms with van der Waals surface area (Å²) in [6.45, 7) is 14.6. The Bertz CT molecular complexity index is 1010. The molecule has 0 spiro atoms. The molecule has 2 aromatic heterocycles. The van der Waals surface area contributed by atoms with Crippen molar-refractivity contribution in [2.24, 2.45) is 0 Å². The minimum absolute atomic E-state index is 0.717. The van der Waals surface area contributed by atoms with Gasteiger partial charge in [-0.3, -0.25) is 4.68 Å². The zero-order valence-corrected chi connectivity index (χ0v) is 17.9. The minimum Gasteiger partial charge on any atom is -0.304 e. The number of nitrogens with zero attached hydrogens (tertiary/aromatic N) is 5. The normalized spacial score (nSPS) is 15.8. The van der Waals surface area contributed by atoms with Crippen LogP contribution in [0, 0.1) is 13.8 Å². The number of hydrogen-bond donors (Lipinski definition) is 0. The first-order chi connectivity index (χ1) is 14.0. The van der Waals surface area contributed by atoms with Gasteiger partial charge in [-0.2, -0.15) is 5.10 Å². The van der Waals surface area contributed by atoms with Crippen molar-refractivity contribution < 1.29 is 0 Å². The summed E-state index contributed by atoms with van der Waals surface area (Å²) in [6.07, 6.45) is 4.87. The van der Waals surface area contributed by atoms with E-state index in [1.807, 2.05) is 17.0 Å². The number of hydrogen-bond acceptors (Lipinski definition) is 4. The van der Waals surface area contributed by atoms with Crippen LogP contribution in [-0.4, -0.2) is 64.3 Å². The second-order valence-electron chi connectivity index (χ2n) is 8.19. The third-order valence-corrected chi connectivity index (χ3v) is 6.07. The van der Waals surface area contributed by atoms with E-state index in [1.165, 1.54) is 42.7 Å². The molecule has 1 fully saturated rings. The first-order valence-electron chi connectivity index (χ1n) is 10.5. The van der Waals surface area contributed by atoms with E-state index in [0.717, 1.165) is 42.0 Å². The number of benzene rings is 1. The molecule has 152 valence electrons. The third-order valence-electron chi connectivity index (χ3n) is 6.07. The van der Waals surface area contributed by atoms with Crippen molar-refractivity contribution in [1.82, 2.24) is 24.6 Å². The van der Waals surface area contributed by atoms with Gasteiger partial charge in [0.25, 0.3) is 0 Å². The molecule has 0 atom stereocenters. The van der Waals surface area contributed by atoms with E-state index >= 15 is 0 Å². The van der Waals surface area contributed by atoms with Gasteiger partial charge >= 0.3 is 0 Å². The molecular weight excluding hydrogens is 358 g/mol. The van der Waals surface area contributed by atoms with Crippen LogP contribution >= 0.6 is 0 Å². The highest BCUT2D eigenvalue weighted by Gasteiger charge is 2.14. The number of likely N-dealkylation sites (N-methyl/N-ethyl adjacent to an activating group) is 1. The SMILES string of the molecule is C=CCn1ncc(-c2cc(C)c3cc(CCN4CCN(C)CC4)ccc3n2)c1C. The van der Waals surface area contributed by atoms with Crippen LogP contribution < -0.4 is 0 Å². The maximum absolute atomic E-state index is 4.94. The second kappa shape index (κ2) is 8.47. The van der Waals surface area contributed by atoms with Crippen LogP contribution in [0.3, 0.4) is 0 Å². The number of aryl methyl sites for hydroxylation is 1. The largest absolute Gasteiger partial charge is 0.304 e. The summed E-state index contributed by atoms with van der Waals surface area (Å²) < 4.78 is 1.96. The lowest BCUT2D eigenvalue weighted by Gasteiger charge is -2.32. The van der Waals surface area contributed by atoms with E-state index in [1.54, 1.807) is 0 Å². The summed E-state index contributed by atoms with van der Waals surface area (Å²) in [5.74, 6) is 0. The van der Waals surface area contributed by atoms with Gasteiger partial charge in [-0.15, -0.1) is 6.58 Å². The Morgan fingerprint density at radius 3 is 2.66 bits per heavy atom. The summed E-state index contributed by atoms with van der Waals surface area (Å²) in [6, 6.07) is 8.93. The molecular formula is C24H31N5. The van der Waals surface area contributed by atoms with E-state index in [0.29, 0.717) is 0 Å². The molecule has 0 radical (unpaired) electrons. The third kappa shape index (κ3) is 4.26. The monoisotopic (exact) mass is 389 g/mol. The second-order valence-corrected chi connectivity index (χ2v) is 8.19. The summed E-state index contributed by atoms with van der Waals surface area (Å²) in [4.78, 5) is 9.92. The highest BCUT2D eigenvalue weighted by atomic mass is 15.3. The van der Waals surface area contributed by atoms with Gasteiger partial charge in [-0.05, 0) is 56.6 Å². The predicted octanol–water partition coefficient (Wildman–Crippen LogP) is 3.69. The molecule has 0 bridgehead atoms. The van der Waals surface area contributed by atoms with Crippen LogP contribution in [0.25, 0.3) is 22.2 Å². The highest BCUT2D eigenvalue weighted by Crippen LogP contribution is 2.27. The lowest BCUT2D eigenvalue weighted by atomic mass is 10.0. The molecule has 1 aliphatic heterocycles. The van der Waals surface area contributed by atoms with Gasteiger partial charge < -0.3 is 9.80 Å². The van der Waals surface area contributed by atoms with Gasteiger partial charge in [0.1, 0.15) is 0 Å². The van der Waals surface area contributed by atoms with Crippen LogP contribution in [0.2, 0.25) is 0 Å². The molecule has 1 saturated heterocycles. The molecule has 29 heavy (non-hydrogen) atoms. The summed E-state index contributed by atoms with van der Waals surface area (Å²) in [7, 11) is 2.21. The molecule has 0 N–H and O–H groups in total. The van der Waals surface area contributed by atoms with Crippen molar-refractivity contribution in [2.45, 2.75) is 26.8 Å². The number of allylic oxidation sites excluding steroid dienone is 1. The average molecular weight is 390 g/mol.